The number of halogens is 2. The van der Waals surface area contributed by atoms with Crippen molar-refractivity contribution in [1.29, 1.82) is 0 Å². The van der Waals surface area contributed by atoms with Gasteiger partial charge in [-0.1, -0.05) is 116 Å². The molecule has 193 valence electrons. The predicted molar refractivity (Wildman–Crippen MR) is 150 cm³/mol. The molecule has 1 unspecified atom stereocenters. The van der Waals surface area contributed by atoms with Crippen LogP contribution in [0.5, 0.6) is 5.75 Å². The molecule has 0 fully saturated rings. The van der Waals surface area contributed by atoms with E-state index < -0.39 is 0 Å². The Kier molecular flexibility index (Phi) is 19.3. The molecule has 5 rings (SSSR count). The van der Waals surface area contributed by atoms with Gasteiger partial charge < -0.3 is 29.6 Å². The first-order chi connectivity index (χ1) is 17.2. The van der Waals surface area contributed by atoms with Crippen molar-refractivity contribution in [3.8, 4) is 5.75 Å². The SMILES string of the molecule is CC1[C-]=C(Oc2ccccc2)C(C(c2ccccc2)c2ccccc2)=C1.C[SiH]C.[Cl-].[Cl-].[Ti+4].[c-]1ccccc1. The van der Waals surface area contributed by atoms with Gasteiger partial charge in [0.15, 0.2) is 0 Å². The van der Waals surface area contributed by atoms with E-state index in [4.69, 9.17) is 4.74 Å². The molecule has 38 heavy (non-hydrogen) atoms. The molecule has 0 saturated carbocycles. The maximum absolute atomic E-state index is 6.22. The van der Waals surface area contributed by atoms with Crippen LogP contribution in [-0.4, -0.2) is 9.52 Å². The van der Waals surface area contributed by atoms with Gasteiger partial charge in [0.05, 0.1) is 0 Å². The fourth-order valence-corrected chi connectivity index (χ4v) is 3.78. The summed E-state index contributed by atoms with van der Waals surface area (Å²) in [6, 6.07) is 43.6. The standard InChI is InChI=1S/C25H21O.C6H5.C2H7Si.2ClH.Ti/c1-19-17-23(24(18-19)26-22-15-9-4-10-16-22)25(20-11-5-2-6-12-20)21-13-7-3-8-14-21;1-2-4-6-5-3-1;1-3-2;;;/h2-17,19,25H,1H3;1-5H;3H,1-2H3;2*1H;/q2*-1;;;;+4/p-2. The Morgan fingerprint density at radius 3 is 1.50 bits per heavy atom. The Hall–Kier alpha value is -2.33. The van der Waals surface area contributed by atoms with Gasteiger partial charge in [0.25, 0.3) is 0 Å². The first-order valence-corrected chi connectivity index (χ1v) is 14.4. The van der Waals surface area contributed by atoms with E-state index in [2.05, 4.69) is 98.9 Å². The molecule has 0 amide bonds. The first-order valence-electron chi connectivity index (χ1n) is 12.1. The smallest absolute Gasteiger partial charge is 1.00 e. The molecule has 0 N–H and O–H groups in total. The van der Waals surface area contributed by atoms with Crippen LogP contribution in [0.1, 0.15) is 24.0 Å². The molecular formula is C33H33Cl2OSiTi. The second-order valence-corrected chi connectivity index (χ2v) is 9.36. The van der Waals surface area contributed by atoms with E-state index in [-0.39, 0.29) is 58.4 Å². The third-order valence-electron chi connectivity index (χ3n) is 5.20. The minimum absolute atomic E-state index is 0. The normalized spacial score (nSPS) is 12.9. The van der Waals surface area contributed by atoms with E-state index in [9.17, 15) is 0 Å². The fraction of sp³-hybridized carbons (Fsp3) is 0.152. The zero-order valence-electron chi connectivity index (χ0n) is 22.0. The van der Waals surface area contributed by atoms with Crippen molar-refractivity contribution in [3.63, 3.8) is 0 Å². The van der Waals surface area contributed by atoms with Crippen molar-refractivity contribution in [2.45, 2.75) is 25.9 Å². The van der Waals surface area contributed by atoms with Crippen molar-refractivity contribution >= 4 is 9.52 Å². The summed E-state index contributed by atoms with van der Waals surface area (Å²) in [5.74, 6) is 2.04. The van der Waals surface area contributed by atoms with Crippen molar-refractivity contribution in [3.05, 3.63) is 162 Å². The van der Waals surface area contributed by atoms with Crippen LogP contribution in [0.3, 0.4) is 0 Å². The van der Waals surface area contributed by atoms with Crippen molar-refractivity contribution in [2.24, 2.45) is 5.92 Å². The molecular weight excluding hydrogens is 559 g/mol. The Bertz CT molecular complexity index is 1100. The summed E-state index contributed by atoms with van der Waals surface area (Å²) in [7, 11) is 0.750. The monoisotopic (exact) mass is 591 g/mol. The topological polar surface area (TPSA) is 9.23 Å². The van der Waals surface area contributed by atoms with Crippen molar-refractivity contribution in [1.82, 2.24) is 0 Å². The summed E-state index contributed by atoms with van der Waals surface area (Å²) in [4.78, 5) is 0. The maximum atomic E-state index is 6.22. The molecule has 4 aromatic carbocycles. The van der Waals surface area contributed by atoms with Gasteiger partial charge in [0.2, 0.25) is 0 Å². The van der Waals surface area contributed by atoms with Crippen LogP contribution < -0.4 is 29.6 Å². The van der Waals surface area contributed by atoms with Crippen molar-refractivity contribution in [2.75, 3.05) is 0 Å². The first kappa shape index (κ1) is 35.7. The van der Waals surface area contributed by atoms with Gasteiger partial charge in [-0.05, 0) is 23.8 Å². The van der Waals surface area contributed by atoms with E-state index in [1.54, 1.807) is 0 Å². The molecule has 4 aromatic rings. The molecule has 0 saturated heterocycles. The van der Waals surface area contributed by atoms with Gasteiger partial charge in [-0.3, -0.25) is 0 Å². The Balaban J connectivity index is 0.000000985. The maximum Gasteiger partial charge on any atom is 4.00 e. The van der Waals surface area contributed by atoms with E-state index in [0.717, 1.165) is 21.0 Å². The summed E-state index contributed by atoms with van der Waals surface area (Å²) in [5.41, 5.74) is 3.70. The largest absolute Gasteiger partial charge is 4.00 e. The number of para-hydroxylation sites is 1. The third kappa shape index (κ3) is 11.6. The number of rotatable bonds is 5. The van der Waals surface area contributed by atoms with Gasteiger partial charge in [0.1, 0.15) is 5.75 Å². The molecule has 0 spiro atoms. The number of hydrogen-bond acceptors (Lipinski definition) is 1. The summed E-state index contributed by atoms with van der Waals surface area (Å²) in [5, 5.41) is 0. The average Bonchev–Trinajstić information content (AvgIpc) is 3.27. The van der Waals surface area contributed by atoms with Gasteiger partial charge in [-0.15, -0.1) is 5.57 Å². The van der Waals surface area contributed by atoms with Gasteiger partial charge in [-0.2, -0.15) is 42.5 Å². The number of allylic oxidation sites excluding steroid dienone is 3. The number of ether oxygens (including phenoxy) is 1. The summed E-state index contributed by atoms with van der Waals surface area (Å²) >= 11 is 0. The van der Waals surface area contributed by atoms with Gasteiger partial charge >= 0.3 is 21.7 Å². The fourth-order valence-electron chi connectivity index (χ4n) is 3.78. The van der Waals surface area contributed by atoms with Crippen LogP contribution in [0, 0.1) is 18.1 Å². The van der Waals surface area contributed by atoms with Crippen LogP contribution >= 0.6 is 0 Å². The van der Waals surface area contributed by atoms with Crippen LogP contribution in [0.2, 0.25) is 13.1 Å². The molecule has 1 aliphatic rings. The molecule has 1 nitrogen and oxygen atoms in total. The van der Waals surface area contributed by atoms with E-state index in [0.29, 0.717) is 0 Å². The molecule has 1 radical (unpaired) electrons. The Morgan fingerprint density at radius 1 is 0.684 bits per heavy atom. The number of benzene rings is 4. The van der Waals surface area contributed by atoms with E-state index in [1.165, 1.54) is 16.7 Å². The minimum atomic E-state index is 0. The van der Waals surface area contributed by atoms with Gasteiger partial charge in [0, 0.05) is 9.52 Å². The van der Waals surface area contributed by atoms with E-state index in [1.807, 2.05) is 60.7 Å². The third-order valence-corrected chi connectivity index (χ3v) is 5.20. The average molecular weight is 592 g/mol. The molecule has 0 aliphatic heterocycles. The van der Waals surface area contributed by atoms with Gasteiger partial charge in [-0.25, -0.2) is 6.08 Å². The van der Waals surface area contributed by atoms with Crippen LogP contribution in [0.4, 0.5) is 0 Å². The predicted octanol–water partition coefficient (Wildman–Crippen LogP) is 2.17. The summed E-state index contributed by atoms with van der Waals surface area (Å²) in [6.45, 7) is 6.56. The van der Waals surface area contributed by atoms with Crippen LogP contribution in [0.15, 0.2) is 139 Å². The molecule has 0 bridgehead atoms. The van der Waals surface area contributed by atoms with Crippen LogP contribution in [0.25, 0.3) is 0 Å². The zero-order valence-corrected chi connectivity index (χ0v) is 26.2. The second-order valence-electron chi connectivity index (χ2n) is 8.21. The second kappa shape index (κ2) is 20.6. The Labute approximate surface area is 259 Å². The molecule has 5 heteroatoms. The van der Waals surface area contributed by atoms with Crippen molar-refractivity contribution < 1.29 is 51.3 Å². The summed E-state index contributed by atoms with van der Waals surface area (Å²) < 4.78 is 6.22. The molecule has 0 heterocycles. The Morgan fingerprint density at radius 2 is 1.11 bits per heavy atom. The minimum Gasteiger partial charge on any atom is -1.00 e. The summed E-state index contributed by atoms with van der Waals surface area (Å²) in [6.07, 6.45) is 5.74. The van der Waals surface area contributed by atoms with E-state index >= 15 is 0 Å². The molecule has 1 aliphatic carbocycles. The quantitative estimate of drug-likeness (QED) is 0.255. The van der Waals surface area contributed by atoms with Crippen LogP contribution in [-0.2, 0) is 21.7 Å². The molecule has 0 aromatic heterocycles. The molecule has 1 atom stereocenters. The number of hydrogen-bond donors (Lipinski definition) is 0. The zero-order chi connectivity index (χ0) is 24.7.